The van der Waals surface area contributed by atoms with Gasteiger partial charge in [-0.3, -0.25) is 0 Å². The highest BCUT2D eigenvalue weighted by atomic mass is 16.7. The Hall–Kier alpha value is -1.37. The van der Waals surface area contributed by atoms with Gasteiger partial charge in [0.1, 0.15) is 0 Å². The Morgan fingerprint density at radius 1 is 1.00 bits per heavy atom. The van der Waals surface area contributed by atoms with E-state index in [1.54, 1.807) is 0 Å². The third kappa shape index (κ3) is 2.51. The van der Waals surface area contributed by atoms with Crippen LogP contribution >= 0.6 is 0 Å². The zero-order chi connectivity index (χ0) is 13.2. The van der Waals surface area contributed by atoms with E-state index in [1.807, 2.05) is 18.2 Å². The van der Waals surface area contributed by atoms with E-state index in [0.29, 0.717) is 13.2 Å². The molecule has 0 bridgehead atoms. The van der Waals surface area contributed by atoms with Gasteiger partial charge in [0, 0.05) is 12.8 Å². The van der Waals surface area contributed by atoms with Crippen molar-refractivity contribution in [3.63, 3.8) is 0 Å². The number of nitrogens with zero attached hydrogens (tertiary/aromatic N) is 1. The first-order valence-corrected chi connectivity index (χ1v) is 6.99. The first-order chi connectivity index (χ1) is 9.26. The molecule has 2 fully saturated rings. The van der Waals surface area contributed by atoms with Gasteiger partial charge in [-0.15, -0.1) is 0 Å². The van der Waals surface area contributed by atoms with E-state index in [4.69, 9.17) is 9.47 Å². The van der Waals surface area contributed by atoms with Crippen molar-refractivity contribution in [3.05, 3.63) is 35.9 Å². The molecule has 3 nitrogen and oxygen atoms in total. The highest BCUT2D eigenvalue weighted by Gasteiger charge is 2.46. The Balaban J connectivity index is 1.70. The van der Waals surface area contributed by atoms with Crippen molar-refractivity contribution in [2.24, 2.45) is 5.41 Å². The lowest BCUT2D eigenvalue weighted by molar-refractivity contribution is -0.187. The van der Waals surface area contributed by atoms with E-state index >= 15 is 0 Å². The summed E-state index contributed by atoms with van der Waals surface area (Å²) < 4.78 is 11.5. The van der Waals surface area contributed by atoms with Crippen LogP contribution in [0.1, 0.15) is 31.2 Å². The molecular weight excluding hydrogens is 238 g/mol. The summed E-state index contributed by atoms with van der Waals surface area (Å²) in [5, 5.41) is 9.60. The monoisotopic (exact) mass is 257 g/mol. The lowest BCUT2D eigenvalue weighted by Gasteiger charge is -2.39. The molecule has 2 aliphatic rings. The molecule has 1 saturated carbocycles. The number of hydrogen-bond acceptors (Lipinski definition) is 3. The van der Waals surface area contributed by atoms with Crippen molar-refractivity contribution in [3.8, 4) is 6.07 Å². The fourth-order valence-electron chi connectivity index (χ4n) is 3.21. The molecule has 0 N–H and O–H groups in total. The lowest BCUT2D eigenvalue weighted by atomic mass is 9.69. The van der Waals surface area contributed by atoms with Crippen molar-refractivity contribution < 1.29 is 9.47 Å². The third-order valence-electron chi connectivity index (χ3n) is 4.40. The normalized spacial score (nSPS) is 24.2. The van der Waals surface area contributed by atoms with Crippen molar-refractivity contribution >= 4 is 0 Å². The summed E-state index contributed by atoms with van der Waals surface area (Å²) in [4.78, 5) is 0. The smallest absolute Gasteiger partial charge is 0.168 e. The molecule has 0 aromatic heterocycles. The van der Waals surface area contributed by atoms with Crippen molar-refractivity contribution in [1.82, 2.24) is 0 Å². The van der Waals surface area contributed by atoms with E-state index in [9.17, 15) is 5.26 Å². The lowest BCUT2D eigenvalue weighted by Crippen LogP contribution is -2.40. The molecule has 100 valence electrons. The van der Waals surface area contributed by atoms with Gasteiger partial charge < -0.3 is 9.47 Å². The SMILES string of the molecule is N#CC1(Cc2ccccc2)CCC2(CC1)OCCO2. The molecule has 1 aromatic rings. The van der Waals surface area contributed by atoms with Crippen molar-refractivity contribution in [2.75, 3.05) is 13.2 Å². The van der Waals surface area contributed by atoms with Gasteiger partial charge in [-0.05, 0) is 24.8 Å². The highest BCUT2D eigenvalue weighted by molar-refractivity contribution is 5.20. The van der Waals surface area contributed by atoms with Crippen molar-refractivity contribution in [1.29, 1.82) is 5.26 Å². The molecule has 1 aliphatic carbocycles. The summed E-state index contributed by atoms with van der Waals surface area (Å²) in [6, 6.07) is 12.9. The predicted molar refractivity (Wildman–Crippen MR) is 71.3 cm³/mol. The molecule has 19 heavy (non-hydrogen) atoms. The van der Waals surface area contributed by atoms with Crippen LogP contribution in [0.5, 0.6) is 0 Å². The summed E-state index contributed by atoms with van der Waals surface area (Å²) in [5.74, 6) is -0.378. The minimum Gasteiger partial charge on any atom is -0.348 e. The molecule has 0 radical (unpaired) electrons. The number of benzene rings is 1. The maximum absolute atomic E-state index is 9.60. The molecule has 1 spiro atoms. The maximum atomic E-state index is 9.60. The fraction of sp³-hybridized carbons (Fsp3) is 0.562. The number of rotatable bonds is 2. The van der Waals surface area contributed by atoms with Crippen LogP contribution in [-0.2, 0) is 15.9 Å². The second-order valence-corrected chi connectivity index (χ2v) is 5.66. The Kier molecular flexibility index (Phi) is 3.30. The van der Waals surface area contributed by atoms with Gasteiger partial charge in [-0.1, -0.05) is 30.3 Å². The van der Waals surface area contributed by atoms with E-state index in [-0.39, 0.29) is 11.2 Å². The molecule has 0 amide bonds. The average Bonchev–Trinajstić information content (AvgIpc) is 2.92. The van der Waals surface area contributed by atoms with Gasteiger partial charge in [-0.25, -0.2) is 0 Å². The molecule has 0 atom stereocenters. The van der Waals surface area contributed by atoms with Crippen LogP contribution in [0.15, 0.2) is 30.3 Å². The van der Waals surface area contributed by atoms with Crippen LogP contribution in [0.2, 0.25) is 0 Å². The minimum absolute atomic E-state index is 0.248. The molecule has 1 heterocycles. The van der Waals surface area contributed by atoms with E-state index in [1.165, 1.54) is 5.56 Å². The summed E-state index contributed by atoms with van der Waals surface area (Å²) in [6.07, 6.45) is 4.23. The average molecular weight is 257 g/mol. The summed E-state index contributed by atoms with van der Waals surface area (Å²) in [5.41, 5.74) is 0.996. The van der Waals surface area contributed by atoms with Crippen LogP contribution in [0.4, 0.5) is 0 Å². The number of nitriles is 1. The first-order valence-electron chi connectivity index (χ1n) is 6.99. The minimum atomic E-state index is -0.378. The first kappa shape index (κ1) is 12.7. The van der Waals surface area contributed by atoms with Gasteiger partial charge in [0.05, 0.1) is 24.7 Å². The quantitative estimate of drug-likeness (QED) is 0.817. The van der Waals surface area contributed by atoms with Gasteiger partial charge >= 0.3 is 0 Å². The number of hydrogen-bond donors (Lipinski definition) is 0. The molecule has 0 unspecified atom stereocenters. The Bertz CT molecular complexity index is 461. The van der Waals surface area contributed by atoms with Gasteiger partial charge in [0.15, 0.2) is 5.79 Å². The predicted octanol–water partition coefficient (Wildman–Crippen LogP) is 3.06. The van der Waals surface area contributed by atoms with Crippen LogP contribution in [0, 0.1) is 16.7 Å². The highest BCUT2D eigenvalue weighted by Crippen LogP contribution is 2.46. The Morgan fingerprint density at radius 3 is 2.21 bits per heavy atom. The summed E-state index contributed by atoms with van der Waals surface area (Å²) >= 11 is 0. The molecule has 1 aliphatic heterocycles. The van der Waals surface area contributed by atoms with Gasteiger partial charge in [-0.2, -0.15) is 5.26 Å². The Labute approximate surface area is 114 Å². The van der Waals surface area contributed by atoms with Crippen LogP contribution in [0.3, 0.4) is 0 Å². The second-order valence-electron chi connectivity index (χ2n) is 5.66. The third-order valence-corrected chi connectivity index (χ3v) is 4.40. The zero-order valence-electron chi connectivity index (χ0n) is 11.1. The van der Waals surface area contributed by atoms with Gasteiger partial charge in [0.2, 0.25) is 0 Å². The zero-order valence-corrected chi connectivity index (χ0v) is 11.1. The molecule has 1 saturated heterocycles. The number of ether oxygens (including phenoxy) is 2. The van der Waals surface area contributed by atoms with E-state index in [2.05, 4.69) is 18.2 Å². The maximum Gasteiger partial charge on any atom is 0.168 e. The van der Waals surface area contributed by atoms with Gasteiger partial charge in [0.25, 0.3) is 0 Å². The second kappa shape index (κ2) is 4.96. The largest absolute Gasteiger partial charge is 0.348 e. The summed E-state index contributed by atoms with van der Waals surface area (Å²) in [7, 11) is 0. The van der Waals surface area contributed by atoms with Crippen LogP contribution in [0.25, 0.3) is 0 Å². The Morgan fingerprint density at radius 2 is 1.63 bits per heavy atom. The molecule has 1 aromatic carbocycles. The summed E-state index contributed by atoms with van der Waals surface area (Å²) in [6.45, 7) is 1.39. The van der Waals surface area contributed by atoms with Crippen LogP contribution in [-0.4, -0.2) is 19.0 Å². The molecule has 3 heteroatoms. The fourth-order valence-corrected chi connectivity index (χ4v) is 3.21. The van der Waals surface area contributed by atoms with E-state index < -0.39 is 0 Å². The molecular formula is C16H19NO2. The van der Waals surface area contributed by atoms with E-state index in [0.717, 1.165) is 32.1 Å². The standard InChI is InChI=1S/C16H19NO2/c17-13-15(12-14-4-2-1-3-5-14)6-8-16(9-7-15)18-10-11-19-16/h1-5H,6-12H2. The van der Waals surface area contributed by atoms with Crippen molar-refractivity contribution in [2.45, 2.75) is 37.9 Å². The molecule has 3 rings (SSSR count). The topological polar surface area (TPSA) is 42.2 Å². The van der Waals surface area contributed by atoms with Crippen LogP contribution < -0.4 is 0 Å².